The third-order valence-corrected chi connectivity index (χ3v) is 6.87. The number of hydrogen-bond acceptors (Lipinski definition) is 7. The molecule has 1 aromatic heterocycles. The Morgan fingerprint density at radius 1 is 1.22 bits per heavy atom. The summed E-state index contributed by atoms with van der Waals surface area (Å²) in [5, 5.41) is 10.6. The number of rotatable bonds is 6. The average molecular weight is 501 g/mol. The fourth-order valence-electron chi connectivity index (χ4n) is 4.91. The molecule has 5 rings (SSSR count). The molecule has 0 aliphatic carbocycles. The summed E-state index contributed by atoms with van der Waals surface area (Å²) < 4.78 is 20.4. The number of aromatic nitrogens is 2. The Kier molecular flexibility index (Phi) is 6.94. The minimum atomic E-state index is -1.26. The number of Topliss-reactive ketones (excluding diaryl/α,β-unsaturated/α-hetero) is 1. The molecule has 36 heavy (non-hydrogen) atoms. The lowest BCUT2D eigenvalue weighted by Crippen LogP contribution is -2.58. The smallest absolute Gasteiger partial charge is 0.312 e. The number of benzene rings is 1. The molecule has 2 atom stereocenters. The molecule has 10 nitrogen and oxygen atoms in total. The van der Waals surface area contributed by atoms with E-state index in [1.54, 1.807) is 19.1 Å². The van der Waals surface area contributed by atoms with Gasteiger partial charge in [0.05, 0.1) is 19.3 Å². The quantitative estimate of drug-likeness (QED) is 0.468. The topological polar surface area (TPSA) is 122 Å². The highest BCUT2D eigenvalue weighted by molar-refractivity contribution is 6.34. The zero-order chi connectivity index (χ0) is 26.2. The highest BCUT2D eigenvalue weighted by Gasteiger charge is 2.51. The van der Waals surface area contributed by atoms with Gasteiger partial charge in [-0.25, -0.2) is 9.37 Å². The van der Waals surface area contributed by atoms with Crippen molar-refractivity contribution >= 4 is 17.6 Å². The maximum atomic E-state index is 13.2. The normalized spacial score (nSPS) is 20.4. The molecule has 192 valence electrons. The predicted octanol–water partition coefficient (Wildman–Crippen LogP) is 1.23. The van der Waals surface area contributed by atoms with Gasteiger partial charge in [0.25, 0.3) is 5.56 Å². The second-order valence-electron chi connectivity index (χ2n) is 9.35. The number of nitrogens with zero attached hydrogens (tertiary/aromatic N) is 4. The van der Waals surface area contributed by atoms with Crippen LogP contribution in [0.4, 0.5) is 4.39 Å². The van der Waals surface area contributed by atoms with E-state index in [0.29, 0.717) is 18.4 Å². The van der Waals surface area contributed by atoms with E-state index in [4.69, 9.17) is 4.74 Å². The summed E-state index contributed by atoms with van der Waals surface area (Å²) in [4.78, 5) is 59.1. The standard InChI is InChI=1S/C25H29FN4O6/c1-4-30(23(35)22(34)28(2)3)25-12-11-17(36-14-25)13-29-21(33)20(32)19(27-24(25)29)18(31)10-7-15-5-8-16(26)9-6-15/h5-6,8-9,17,32H,4,7,10-14H2,1-3H3. The predicted molar refractivity (Wildman–Crippen MR) is 126 cm³/mol. The van der Waals surface area contributed by atoms with Crippen LogP contribution >= 0.6 is 0 Å². The maximum Gasteiger partial charge on any atom is 0.312 e. The molecule has 0 spiro atoms. The first-order chi connectivity index (χ1) is 17.1. The van der Waals surface area contributed by atoms with Gasteiger partial charge >= 0.3 is 11.8 Å². The van der Waals surface area contributed by atoms with Crippen LogP contribution in [0.1, 0.15) is 48.1 Å². The van der Waals surface area contributed by atoms with E-state index < -0.39 is 40.3 Å². The number of carbonyl (C=O) groups is 3. The van der Waals surface area contributed by atoms with Crippen molar-refractivity contribution in [2.75, 3.05) is 27.2 Å². The van der Waals surface area contributed by atoms with Crippen molar-refractivity contribution < 1.29 is 28.6 Å². The fourth-order valence-corrected chi connectivity index (χ4v) is 4.91. The van der Waals surface area contributed by atoms with Crippen molar-refractivity contribution in [1.82, 2.24) is 19.4 Å². The molecule has 0 saturated carbocycles. The van der Waals surface area contributed by atoms with Gasteiger partial charge in [0.1, 0.15) is 17.2 Å². The van der Waals surface area contributed by atoms with Gasteiger partial charge in [0.15, 0.2) is 11.5 Å². The lowest BCUT2D eigenvalue weighted by Gasteiger charge is -2.44. The molecular weight excluding hydrogens is 471 g/mol. The number of carbonyl (C=O) groups excluding carboxylic acids is 3. The van der Waals surface area contributed by atoms with E-state index in [9.17, 15) is 28.7 Å². The molecule has 4 heterocycles. The first kappa shape index (κ1) is 25.5. The molecule has 3 aliphatic heterocycles. The number of fused-ring (bicyclic) bond motifs is 2. The largest absolute Gasteiger partial charge is 0.501 e. The Hall–Kier alpha value is -3.60. The van der Waals surface area contributed by atoms with Crippen LogP contribution in [-0.2, 0) is 32.8 Å². The molecule has 1 saturated heterocycles. The molecule has 0 radical (unpaired) electrons. The van der Waals surface area contributed by atoms with E-state index in [-0.39, 0.29) is 50.2 Å². The molecule has 2 aromatic rings. The molecule has 1 fully saturated rings. The molecular formula is C25H29FN4O6. The van der Waals surface area contributed by atoms with Crippen LogP contribution in [-0.4, -0.2) is 75.4 Å². The van der Waals surface area contributed by atoms with Crippen LogP contribution in [0.3, 0.4) is 0 Å². The minimum absolute atomic E-state index is 0.00161. The molecule has 1 N–H and O–H groups in total. The fraction of sp³-hybridized carbons (Fsp3) is 0.480. The van der Waals surface area contributed by atoms with Crippen molar-refractivity contribution in [3.63, 3.8) is 0 Å². The summed E-state index contributed by atoms with van der Waals surface area (Å²) in [6, 6.07) is 5.69. The number of ketones is 1. The number of likely N-dealkylation sites (N-methyl/N-ethyl adjacent to an activating group) is 2. The lowest BCUT2D eigenvalue weighted by atomic mass is 9.87. The van der Waals surface area contributed by atoms with Crippen LogP contribution < -0.4 is 5.56 Å². The second-order valence-corrected chi connectivity index (χ2v) is 9.35. The lowest BCUT2D eigenvalue weighted by molar-refractivity contribution is -0.161. The van der Waals surface area contributed by atoms with Gasteiger partial charge in [-0.2, -0.15) is 0 Å². The Labute approximate surface area is 207 Å². The summed E-state index contributed by atoms with van der Waals surface area (Å²) in [6.45, 7) is 1.95. The second kappa shape index (κ2) is 9.81. The van der Waals surface area contributed by atoms with Crippen molar-refractivity contribution in [3.8, 4) is 5.75 Å². The third-order valence-electron chi connectivity index (χ3n) is 6.87. The van der Waals surface area contributed by atoms with Gasteiger partial charge in [-0.3, -0.25) is 23.7 Å². The van der Waals surface area contributed by atoms with Crippen LogP contribution in [0.25, 0.3) is 0 Å². The number of aryl methyl sites for hydroxylation is 1. The zero-order valence-electron chi connectivity index (χ0n) is 20.5. The number of hydrogen-bond donors (Lipinski definition) is 1. The van der Waals surface area contributed by atoms with E-state index in [1.807, 2.05) is 0 Å². The number of ether oxygens (including phenoxy) is 1. The third kappa shape index (κ3) is 4.39. The Bertz CT molecular complexity index is 1250. The van der Waals surface area contributed by atoms with Crippen molar-refractivity contribution in [3.05, 3.63) is 57.5 Å². The number of halogens is 1. The highest BCUT2D eigenvalue weighted by Crippen LogP contribution is 2.41. The van der Waals surface area contributed by atoms with Crippen molar-refractivity contribution in [1.29, 1.82) is 0 Å². The van der Waals surface area contributed by atoms with Crippen molar-refractivity contribution in [2.45, 2.75) is 50.8 Å². The highest BCUT2D eigenvalue weighted by atomic mass is 19.1. The summed E-state index contributed by atoms with van der Waals surface area (Å²) in [5.41, 5.74) is -1.73. The van der Waals surface area contributed by atoms with E-state index in [2.05, 4.69) is 4.98 Å². The van der Waals surface area contributed by atoms with E-state index in [0.717, 1.165) is 0 Å². The maximum absolute atomic E-state index is 13.2. The molecule has 2 unspecified atom stereocenters. The first-order valence-electron chi connectivity index (χ1n) is 11.9. The summed E-state index contributed by atoms with van der Waals surface area (Å²) in [7, 11) is 2.94. The summed E-state index contributed by atoms with van der Waals surface area (Å²) in [5.74, 6) is -3.11. The van der Waals surface area contributed by atoms with Gasteiger partial charge in [-0.05, 0) is 43.9 Å². The van der Waals surface area contributed by atoms with Crippen molar-refractivity contribution in [2.24, 2.45) is 0 Å². The van der Waals surface area contributed by atoms with Gasteiger partial charge in [0.2, 0.25) is 5.75 Å². The van der Waals surface area contributed by atoms with Gasteiger partial charge in [-0.15, -0.1) is 0 Å². The number of aromatic hydroxyl groups is 1. The van der Waals surface area contributed by atoms with Crippen LogP contribution in [0.15, 0.2) is 29.1 Å². The van der Waals surface area contributed by atoms with E-state index >= 15 is 0 Å². The molecule has 11 heteroatoms. The molecule has 2 amide bonds. The first-order valence-corrected chi connectivity index (χ1v) is 11.9. The van der Waals surface area contributed by atoms with Gasteiger partial charge < -0.3 is 19.6 Å². The monoisotopic (exact) mass is 500 g/mol. The van der Waals surface area contributed by atoms with Gasteiger partial charge in [-0.1, -0.05) is 12.1 Å². The zero-order valence-corrected chi connectivity index (χ0v) is 20.5. The Balaban J connectivity index is 1.77. The van der Waals surface area contributed by atoms with Crippen LogP contribution in [0, 0.1) is 5.82 Å². The molecule has 3 aliphatic rings. The Morgan fingerprint density at radius 2 is 1.92 bits per heavy atom. The summed E-state index contributed by atoms with van der Waals surface area (Å²) in [6.07, 6.45) is 0.718. The summed E-state index contributed by atoms with van der Waals surface area (Å²) >= 11 is 0. The van der Waals surface area contributed by atoms with E-state index in [1.165, 1.54) is 40.6 Å². The minimum Gasteiger partial charge on any atom is -0.501 e. The molecule has 1 aromatic carbocycles. The van der Waals surface area contributed by atoms with Crippen LogP contribution in [0.5, 0.6) is 5.75 Å². The SMILES string of the molecule is CCN(C(=O)C(=O)N(C)C)C12CCC(Cn3c1nc(C(=O)CCc1ccc(F)cc1)c(O)c3=O)OC2. The Morgan fingerprint density at radius 3 is 2.50 bits per heavy atom. The average Bonchev–Trinajstić information content (AvgIpc) is 3.12. The molecule has 2 bridgehead atoms. The van der Waals surface area contributed by atoms with Crippen LogP contribution in [0.2, 0.25) is 0 Å². The van der Waals surface area contributed by atoms with Gasteiger partial charge in [0, 0.05) is 27.1 Å². The number of amides is 2.